The number of hydrogen-bond acceptors (Lipinski definition) is 4. The molecule has 0 spiro atoms. The number of para-hydroxylation sites is 1. The summed E-state index contributed by atoms with van der Waals surface area (Å²) in [5.41, 5.74) is -4.13. The van der Waals surface area contributed by atoms with Crippen molar-refractivity contribution < 1.29 is 18.0 Å². The highest BCUT2D eigenvalue weighted by Crippen LogP contribution is 2.40. The number of amides is 1. The average molecular weight is 370 g/mol. The lowest BCUT2D eigenvalue weighted by molar-refractivity contribution is -0.0328. The normalized spacial score (nSPS) is 18.1. The van der Waals surface area contributed by atoms with Gasteiger partial charge in [0.2, 0.25) is 0 Å². The van der Waals surface area contributed by atoms with Crippen molar-refractivity contribution in [1.82, 2.24) is 15.1 Å². The molecule has 1 aliphatic heterocycles. The minimum atomic E-state index is -4.42. The van der Waals surface area contributed by atoms with E-state index in [1.807, 2.05) is 0 Å². The Morgan fingerprint density at radius 3 is 2.84 bits per heavy atom. The van der Waals surface area contributed by atoms with Gasteiger partial charge in [-0.3, -0.25) is 9.48 Å². The van der Waals surface area contributed by atoms with Crippen molar-refractivity contribution in [3.05, 3.63) is 42.2 Å². The van der Waals surface area contributed by atoms with Gasteiger partial charge in [0.15, 0.2) is 5.69 Å². The summed E-state index contributed by atoms with van der Waals surface area (Å²) in [6.45, 7) is 1.76. The van der Waals surface area contributed by atoms with Crippen molar-refractivity contribution in [3.63, 3.8) is 0 Å². The van der Waals surface area contributed by atoms with Crippen LogP contribution in [0.25, 0.3) is 0 Å². The van der Waals surface area contributed by atoms with Crippen LogP contribution in [0.1, 0.15) is 29.4 Å². The molecular weight excluding hydrogens is 353 g/mol. The number of carbonyl (C=O) groups is 1. The van der Waals surface area contributed by atoms with Crippen LogP contribution in [-0.2, 0) is 0 Å². The van der Waals surface area contributed by atoms with E-state index < -0.39 is 11.4 Å². The van der Waals surface area contributed by atoms with Gasteiger partial charge < -0.3 is 10.6 Å². The first-order valence-corrected chi connectivity index (χ1v) is 8.66. The molecule has 2 N–H and O–H groups in total. The molecule has 1 unspecified atom stereocenters. The molecule has 1 amide bonds. The Kier molecular flexibility index (Phi) is 5.33. The van der Waals surface area contributed by atoms with E-state index in [1.165, 1.54) is 18.2 Å². The Hall–Kier alpha value is -2.00. The minimum Gasteiger partial charge on any atom is -0.320 e. The molecule has 0 aliphatic carbocycles. The lowest BCUT2D eigenvalue weighted by Crippen LogP contribution is -2.32. The molecule has 0 saturated carbocycles. The highest BCUT2D eigenvalue weighted by atomic mass is 32.2. The van der Waals surface area contributed by atoms with E-state index in [2.05, 4.69) is 15.7 Å². The number of benzene rings is 1. The van der Waals surface area contributed by atoms with Crippen molar-refractivity contribution in [1.29, 1.82) is 0 Å². The highest BCUT2D eigenvalue weighted by Gasteiger charge is 2.30. The Morgan fingerprint density at radius 1 is 1.32 bits per heavy atom. The summed E-state index contributed by atoms with van der Waals surface area (Å²) >= 11 is -0.256. The molecular formula is C16H17F3N4OS. The summed E-state index contributed by atoms with van der Waals surface area (Å²) < 4.78 is 39.6. The van der Waals surface area contributed by atoms with Gasteiger partial charge in [0.05, 0.1) is 11.7 Å². The van der Waals surface area contributed by atoms with Gasteiger partial charge >= 0.3 is 5.51 Å². The van der Waals surface area contributed by atoms with E-state index in [-0.39, 0.29) is 34.1 Å². The topological polar surface area (TPSA) is 59.0 Å². The molecule has 5 nitrogen and oxygen atoms in total. The molecule has 1 aromatic carbocycles. The number of carbonyl (C=O) groups excluding carboxylic acids is 1. The molecule has 9 heteroatoms. The Morgan fingerprint density at radius 2 is 2.12 bits per heavy atom. The largest absolute Gasteiger partial charge is 0.446 e. The third kappa shape index (κ3) is 4.76. The van der Waals surface area contributed by atoms with Gasteiger partial charge in [-0.2, -0.15) is 18.3 Å². The number of halogens is 3. The van der Waals surface area contributed by atoms with E-state index in [0.717, 1.165) is 25.9 Å². The van der Waals surface area contributed by atoms with Crippen LogP contribution in [0.15, 0.2) is 41.4 Å². The van der Waals surface area contributed by atoms with Crippen LogP contribution in [0.2, 0.25) is 0 Å². The van der Waals surface area contributed by atoms with Crippen molar-refractivity contribution in [2.75, 3.05) is 18.4 Å². The van der Waals surface area contributed by atoms with Gasteiger partial charge in [-0.25, -0.2) is 0 Å². The van der Waals surface area contributed by atoms with Crippen LogP contribution < -0.4 is 10.6 Å². The van der Waals surface area contributed by atoms with E-state index in [9.17, 15) is 18.0 Å². The number of thioether (sulfide) groups is 1. The lowest BCUT2D eigenvalue weighted by Gasteiger charge is -2.22. The zero-order chi connectivity index (χ0) is 17.9. The molecule has 2 heterocycles. The number of piperidine rings is 1. The van der Waals surface area contributed by atoms with Crippen molar-refractivity contribution in [2.24, 2.45) is 0 Å². The molecule has 0 bridgehead atoms. The summed E-state index contributed by atoms with van der Waals surface area (Å²) in [4.78, 5) is 12.3. The fourth-order valence-electron chi connectivity index (χ4n) is 2.69. The minimum absolute atomic E-state index is 0.0562. The Labute approximate surface area is 147 Å². The van der Waals surface area contributed by atoms with Gasteiger partial charge in [-0.1, -0.05) is 12.1 Å². The summed E-state index contributed by atoms with van der Waals surface area (Å²) in [7, 11) is 0. The van der Waals surface area contributed by atoms with Crippen LogP contribution in [0.3, 0.4) is 0 Å². The zero-order valence-electron chi connectivity index (χ0n) is 13.2. The van der Waals surface area contributed by atoms with Crippen LogP contribution in [-0.4, -0.2) is 34.3 Å². The second-order valence-electron chi connectivity index (χ2n) is 5.68. The first-order chi connectivity index (χ1) is 11.9. The SMILES string of the molecule is O=C(Nc1ccccc1SC(F)(F)F)c1ccn(C2CCCNC2)n1. The molecule has 2 aromatic rings. The molecule has 3 rings (SSSR count). The van der Waals surface area contributed by atoms with Gasteiger partial charge in [-0.15, -0.1) is 0 Å². The molecule has 0 radical (unpaired) electrons. The molecule has 1 aliphatic rings. The summed E-state index contributed by atoms with van der Waals surface area (Å²) in [5, 5.41) is 10.1. The number of anilines is 1. The predicted molar refractivity (Wildman–Crippen MR) is 89.7 cm³/mol. The number of alkyl halides is 3. The smallest absolute Gasteiger partial charge is 0.320 e. The molecule has 1 fully saturated rings. The van der Waals surface area contributed by atoms with E-state index >= 15 is 0 Å². The Bertz CT molecular complexity index is 741. The Balaban J connectivity index is 1.71. The van der Waals surface area contributed by atoms with E-state index in [4.69, 9.17) is 0 Å². The van der Waals surface area contributed by atoms with Crippen LogP contribution in [0.4, 0.5) is 18.9 Å². The fourth-order valence-corrected chi connectivity index (χ4v) is 3.32. The van der Waals surface area contributed by atoms with Crippen LogP contribution >= 0.6 is 11.8 Å². The maximum Gasteiger partial charge on any atom is 0.446 e. The molecule has 1 aromatic heterocycles. The summed E-state index contributed by atoms with van der Waals surface area (Å²) in [5.74, 6) is -0.530. The second kappa shape index (κ2) is 7.49. The number of nitrogens with one attached hydrogen (secondary N) is 2. The van der Waals surface area contributed by atoms with E-state index in [0.29, 0.717) is 0 Å². The van der Waals surface area contributed by atoms with Gasteiger partial charge in [0.25, 0.3) is 5.91 Å². The van der Waals surface area contributed by atoms with E-state index in [1.54, 1.807) is 23.0 Å². The van der Waals surface area contributed by atoms with Gasteiger partial charge in [0.1, 0.15) is 0 Å². The summed E-state index contributed by atoms with van der Waals surface area (Å²) in [6, 6.07) is 7.58. The van der Waals surface area contributed by atoms with Crippen LogP contribution in [0, 0.1) is 0 Å². The van der Waals surface area contributed by atoms with Crippen molar-refractivity contribution in [2.45, 2.75) is 29.3 Å². The number of aromatic nitrogens is 2. The maximum atomic E-state index is 12.6. The van der Waals surface area contributed by atoms with Crippen molar-refractivity contribution in [3.8, 4) is 0 Å². The number of hydrogen-bond donors (Lipinski definition) is 2. The highest BCUT2D eigenvalue weighted by molar-refractivity contribution is 8.00. The first kappa shape index (κ1) is 17.8. The summed E-state index contributed by atoms with van der Waals surface area (Å²) in [6.07, 6.45) is 3.73. The molecule has 1 saturated heterocycles. The first-order valence-electron chi connectivity index (χ1n) is 7.84. The monoisotopic (exact) mass is 370 g/mol. The maximum absolute atomic E-state index is 12.6. The standard InChI is InChI=1S/C16H17F3N4OS/c17-16(18,19)25-14-6-2-1-5-12(14)21-15(24)13-7-9-23(22-13)11-4-3-8-20-10-11/h1-2,5-7,9,11,20H,3-4,8,10H2,(H,21,24). The molecule has 134 valence electrons. The van der Waals surface area contributed by atoms with Gasteiger partial charge in [-0.05, 0) is 49.3 Å². The third-order valence-electron chi connectivity index (χ3n) is 3.85. The quantitative estimate of drug-likeness (QED) is 0.807. The van der Waals surface area contributed by atoms with Gasteiger partial charge in [0, 0.05) is 17.6 Å². The van der Waals surface area contributed by atoms with Crippen molar-refractivity contribution >= 4 is 23.4 Å². The molecule has 25 heavy (non-hydrogen) atoms. The molecule has 1 atom stereocenters. The predicted octanol–water partition coefficient (Wildman–Crippen LogP) is 3.67. The fraction of sp³-hybridized carbons (Fsp3) is 0.375. The lowest BCUT2D eigenvalue weighted by atomic mass is 10.1. The zero-order valence-corrected chi connectivity index (χ0v) is 14.0. The van der Waals surface area contributed by atoms with Crippen LogP contribution in [0.5, 0.6) is 0 Å². The number of rotatable bonds is 4. The number of nitrogens with zero attached hydrogens (tertiary/aromatic N) is 2. The second-order valence-corrected chi connectivity index (χ2v) is 6.79. The average Bonchev–Trinajstić information content (AvgIpc) is 3.06. The third-order valence-corrected chi connectivity index (χ3v) is 4.65.